The van der Waals surface area contributed by atoms with Crippen LogP contribution in [0.1, 0.15) is 22.5 Å². The molecule has 0 bridgehead atoms. The smallest absolute Gasteiger partial charge is 0.154 e. The number of nitrogens with zero attached hydrogens (tertiary/aromatic N) is 9. The van der Waals surface area contributed by atoms with Crippen LogP contribution in [0.15, 0.2) is 122 Å². The molecule has 0 atom stereocenters. The molecule has 0 fully saturated rings. The molecule has 10 heteroatoms. The van der Waals surface area contributed by atoms with Gasteiger partial charge in [-0.05, 0) is 80.1 Å². The lowest BCUT2D eigenvalue weighted by Gasteiger charge is -2.06. The second-order valence-corrected chi connectivity index (χ2v) is 11.2. The van der Waals surface area contributed by atoms with Crippen molar-refractivity contribution in [3.8, 4) is 40.2 Å². The first-order chi connectivity index (χ1) is 23.5. The zero-order valence-electron chi connectivity index (χ0n) is 26.4. The topological polar surface area (TPSA) is 137 Å². The molecule has 0 saturated carbocycles. The van der Waals surface area contributed by atoms with Crippen LogP contribution in [0.25, 0.3) is 56.0 Å². The van der Waals surface area contributed by atoms with Gasteiger partial charge in [0.05, 0.1) is 46.4 Å². The van der Waals surface area contributed by atoms with Gasteiger partial charge in [-0.25, -0.2) is 19.3 Å². The number of benzene rings is 2. The van der Waals surface area contributed by atoms with Crippen LogP contribution in [0.5, 0.6) is 0 Å². The van der Waals surface area contributed by atoms with Crippen molar-refractivity contribution in [3.05, 3.63) is 144 Å². The second kappa shape index (κ2) is 13.0. The predicted molar refractivity (Wildman–Crippen MR) is 186 cm³/mol. The standard InChI is InChI=1S/C19H17N5.C19H13N5/c2*1-13-3-2-4-19(23-13)24-18-10-15(5-6-16(18)12-22-24)17-9-14(11-20)7-8-21-17/h2-10,12H,11,20H2,1H3;2-10,12H,1H3. The molecule has 2 N–H and O–H groups in total. The van der Waals surface area contributed by atoms with Gasteiger partial charge in [0, 0.05) is 52.2 Å². The minimum atomic E-state index is 0.503. The number of fused-ring (bicyclic) bond motifs is 2. The molecule has 0 aliphatic rings. The number of pyridine rings is 4. The highest BCUT2D eigenvalue weighted by molar-refractivity contribution is 5.86. The zero-order valence-corrected chi connectivity index (χ0v) is 26.4. The molecule has 8 aromatic rings. The molecule has 6 heterocycles. The van der Waals surface area contributed by atoms with Gasteiger partial charge in [-0.1, -0.05) is 36.4 Å². The fraction of sp³-hybridized carbons (Fsp3) is 0.0789. The lowest BCUT2D eigenvalue weighted by molar-refractivity contribution is 0.867. The van der Waals surface area contributed by atoms with E-state index < -0.39 is 0 Å². The van der Waals surface area contributed by atoms with E-state index >= 15 is 0 Å². The quantitative estimate of drug-likeness (QED) is 0.218. The third-order valence-electron chi connectivity index (χ3n) is 7.86. The van der Waals surface area contributed by atoms with E-state index in [4.69, 9.17) is 11.0 Å². The molecule has 0 radical (unpaired) electrons. The number of aryl methyl sites for hydroxylation is 2. The summed E-state index contributed by atoms with van der Waals surface area (Å²) in [6.07, 6.45) is 7.12. The van der Waals surface area contributed by atoms with E-state index in [1.54, 1.807) is 24.5 Å². The first kappa shape index (κ1) is 30.1. The molecule has 0 aliphatic carbocycles. The van der Waals surface area contributed by atoms with Gasteiger partial charge in [0.2, 0.25) is 0 Å². The number of hydrogen-bond donors (Lipinski definition) is 1. The lowest BCUT2D eigenvalue weighted by Crippen LogP contribution is -2.00. The highest BCUT2D eigenvalue weighted by Crippen LogP contribution is 2.26. The van der Waals surface area contributed by atoms with E-state index in [0.717, 1.165) is 72.9 Å². The Hall–Kier alpha value is -6.57. The van der Waals surface area contributed by atoms with E-state index in [1.807, 2.05) is 102 Å². The Labute approximate surface area is 276 Å². The summed E-state index contributed by atoms with van der Waals surface area (Å²) >= 11 is 0. The lowest BCUT2D eigenvalue weighted by atomic mass is 10.1. The summed E-state index contributed by atoms with van der Waals surface area (Å²) in [5.74, 6) is 1.59. The third-order valence-corrected chi connectivity index (χ3v) is 7.86. The van der Waals surface area contributed by atoms with Gasteiger partial charge in [-0.3, -0.25) is 9.97 Å². The number of hydrogen-bond acceptors (Lipinski definition) is 8. The van der Waals surface area contributed by atoms with Crippen LogP contribution in [0.2, 0.25) is 0 Å². The Kier molecular flexibility index (Phi) is 8.18. The van der Waals surface area contributed by atoms with Crippen LogP contribution in [-0.2, 0) is 6.54 Å². The molecule has 0 unspecified atom stereocenters. The Morgan fingerprint density at radius 2 is 1.19 bits per heavy atom. The second-order valence-electron chi connectivity index (χ2n) is 11.2. The van der Waals surface area contributed by atoms with Crippen molar-refractivity contribution in [2.45, 2.75) is 20.4 Å². The van der Waals surface area contributed by atoms with Crippen LogP contribution in [0, 0.1) is 25.2 Å². The van der Waals surface area contributed by atoms with Gasteiger partial charge in [0.1, 0.15) is 0 Å². The number of nitrogens with two attached hydrogens (primary N) is 1. The molecule has 48 heavy (non-hydrogen) atoms. The van der Waals surface area contributed by atoms with Crippen LogP contribution in [-0.4, -0.2) is 39.5 Å². The molecule has 0 spiro atoms. The predicted octanol–water partition coefficient (Wildman–Crippen LogP) is 6.91. The highest BCUT2D eigenvalue weighted by atomic mass is 15.3. The van der Waals surface area contributed by atoms with Crippen LogP contribution < -0.4 is 5.73 Å². The summed E-state index contributed by atoms with van der Waals surface area (Å²) in [6, 6.07) is 33.6. The molecule has 0 saturated heterocycles. The molecule has 10 nitrogen and oxygen atoms in total. The van der Waals surface area contributed by atoms with Gasteiger partial charge in [-0.15, -0.1) is 0 Å². The molecular weight excluding hydrogens is 596 g/mol. The average Bonchev–Trinajstić information content (AvgIpc) is 3.76. The Bertz CT molecular complexity index is 2450. The largest absolute Gasteiger partial charge is 0.326 e. The third kappa shape index (κ3) is 6.13. The summed E-state index contributed by atoms with van der Waals surface area (Å²) in [4.78, 5) is 17.9. The van der Waals surface area contributed by atoms with Crippen molar-refractivity contribution in [1.29, 1.82) is 5.26 Å². The van der Waals surface area contributed by atoms with E-state index in [0.29, 0.717) is 12.1 Å². The van der Waals surface area contributed by atoms with Crippen molar-refractivity contribution in [2.75, 3.05) is 0 Å². The summed E-state index contributed by atoms with van der Waals surface area (Å²) in [7, 11) is 0. The molecule has 0 aliphatic heterocycles. The van der Waals surface area contributed by atoms with Crippen molar-refractivity contribution in [3.63, 3.8) is 0 Å². The van der Waals surface area contributed by atoms with Gasteiger partial charge < -0.3 is 5.73 Å². The van der Waals surface area contributed by atoms with Crippen molar-refractivity contribution in [2.24, 2.45) is 5.73 Å². The SMILES string of the molecule is Cc1cccc(-n2ncc3ccc(-c4cc(C#N)ccn4)cc32)n1.Cc1cccc(-n2ncc3ccc(-c4cc(CN)ccn4)cc32)n1. The number of aromatic nitrogens is 8. The van der Waals surface area contributed by atoms with Gasteiger partial charge in [0.25, 0.3) is 0 Å². The molecule has 8 rings (SSSR count). The fourth-order valence-corrected chi connectivity index (χ4v) is 5.43. The van der Waals surface area contributed by atoms with Crippen molar-refractivity contribution >= 4 is 21.8 Å². The summed E-state index contributed by atoms with van der Waals surface area (Å²) in [5.41, 5.74) is 14.9. The normalized spacial score (nSPS) is 10.9. The van der Waals surface area contributed by atoms with Crippen LogP contribution >= 0.6 is 0 Å². The summed E-state index contributed by atoms with van der Waals surface area (Å²) < 4.78 is 3.68. The minimum Gasteiger partial charge on any atom is -0.326 e. The Morgan fingerprint density at radius 1 is 0.646 bits per heavy atom. The Morgan fingerprint density at radius 3 is 1.71 bits per heavy atom. The van der Waals surface area contributed by atoms with E-state index in [9.17, 15) is 0 Å². The fourth-order valence-electron chi connectivity index (χ4n) is 5.43. The maximum Gasteiger partial charge on any atom is 0.154 e. The summed E-state index contributed by atoms with van der Waals surface area (Å²) in [6.45, 7) is 4.43. The van der Waals surface area contributed by atoms with Crippen LogP contribution in [0.4, 0.5) is 0 Å². The molecule has 0 amide bonds. The van der Waals surface area contributed by atoms with Crippen LogP contribution in [0.3, 0.4) is 0 Å². The van der Waals surface area contributed by atoms with Gasteiger partial charge in [0.15, 0.2) is 11.6 Å². The molecule has 6 aromatic heterocycles. The van der Waals surface area contributed by atoms with Gasteiger partial charge >= 0.3 is 0 Å². The first-order valence-corrected chi connectivity index (χ1v) is 15.3. The highest BCUT2D eigenvalue weighted by Gasteiger charge is 2.11. The molecule has 232 valence electrons. The Balaban J connectivity index is 0.000000152. The zero-order chi connectivity index (χ0) is 33.0. The number of nitriles is 1. The minimum absolute atomic E-state index is 0.503. The van der Waals surface area contributed by atoms with E-state index in [2.05, 4.69) is 54.4 Å². The summed E-state index contributed by atoms with van der Waals surface area (Å²) in [5, 5.41) is 20.1. The van der Waals surface area contributed by atoms with Crippen molar-refractivity contribution in [1.82, 2.24) is 39.5 Å². The first-order valence-electron chi connectivity index (χ1n) is 15.3. The van der Waals surface area contributed by atoms with E-state index in [-0.39, 0.29) is 0 Å². The monoisotopic (exact) mass is 626 g/mol. The van der Waals surface area contributed by atoms with E-state index in [1.165, 1.54) is 0 Å². The van der Waals surface area contributed by atoms with Gasteiger partial charge in [-0.2, -0.15) is 15.5 Å². The number of rotatable bonds is 5. The average molecular weight is 627 g/mol. The van der Waals surface area contributed by atoms with Crippen molar-refractivity contribution < 1.29 is 0 Å². The maximum absolute atomic E-state index is 9.07. The maximum atomic E-state index is 9.07. The molecule has 2 aromatic carbocycles. The molecular formula is C38H30N10.